The van der Waals surface area contributed by atoms with E-state index in [-0.39, 0.29) is 0 Å². The van der Waals surface area contributed by atoms with Crippen molar-refractivity contribution in [1.82, 2.24) is 14.5 Å². The molecule has 1 heterocycles. The smallest absolute Gasteiger partial charge is 0.121 e. The van der Waals surface area contributed by atoms with Gasteiger partial charge in [0.05, 0.1) is 18.9 Å². The summed E-state index contributed by atoms with van der Waals surface area (Å²) in [5.74, 6) is 0.750. The van der Waals surface area contributed by atoms with Crippen LogP contribution in [0.15, 0.2) is 18.2 Å². The third-order valence-corrected chi connectivity index (χ3v) is 1.71. The molecule has 0 unspecified atom stereocenters. The summed E-state index contributed by atoms with van der Waals surface area (Å²) in [6, 6.07) is 5.40. The highest BCUT2D eigenvalue weighted by Gasteiger charge is 2.01. The SMILES string of the molecule is COc1ccc2nn(Cl)nc2c1. The molecule has 2 rings (SSSR count). The van der Waals surface area contributed by atoms with Gasteiger partial charge in [-0.25, -0.2) is 0 Å². The van der Waals surface area contributed by atoms with Gasteiger partial charge in [0.15, 0.2) is 0 Å². The summed E-state index contributed by atoms with van der Waals surface area (Å²) in [4.78, 5) is 0. The molecule has 12 heavy (non-hydrogen) atoms. The van der Waals surface area contributed by atoms with E-state index in [4.69, 9.17) is 16.5 Å². The summed E-state index contributed by atoms with van der Waals surface area (Å²) in [6.07, 6.45) is 0. The number of hydrogen-bond donors (Lipinski definition) is 0. The molecule has 0 aliphatic rings. The van der Waals surface area contributed by atoms with Crippen molar-refractivity contribution >= 4 is 22.8 Å². The fourth-order valence-electron chi connectivity index (χ4n) is 0.995. The van der Waals surface area contributed by atoms with Gasteiger partial charge in [0, 0.05) is 6.07 Å². The summed E-state index contributed by atoms with van der Waals surface area (Å²) >= 11 is 5.53. The van der Waals surface area contributed by atoms with Gasteiger partial charge < -0.3 is 4.74 Å². The molecule has 0 saturated carbocycles. The lowest BCUT2D eigenvalue weighted by Crippen LogP contribution is -1.82. The van der Waals surface area contributed by atoms with E-state index >= 15 is 0 Å². The van der Waals surface area contributed by atoms with E-state index in [0.717, 1.165) is 21.1 Å². The minimum absolute atomic E-state index is 0.726. The number of fused-ring (bicyclic) bond motifs is 1. The average Bonchev–Trinajstić information content (AvgIpc) is 2.43. The Bertz CT molecular complexity index is 412. The molecule has 0 atom stereocenters. The van der Waals surface area contributed by atoms with Crippen molar-refractivity contribution in [2.75, 3.05) is 7.11 Å². The summed E-state index contributed by atoms with van der Waals surface area (Å²) in [6.45, 7) is 0. The van der Waals surface area contributed by atoms with Crippen molar-refractivity contribution < 1.29 is 4.74 Å². The van der Waals surface area contributed by atoms with E-state index in [2.05, 4.69) is 10.2 Å². The Labute approximate surface area is 73.8 Å². The Balaban J connectivity index is 2.66. The molecule has 1 aromatic carbocycles. The summed E-state index contributed by atoms with van der Waals surface area (Å²) in [5.41, 5.74) is 1.48. The van der Waals surface area contributed by atoms with Gasteiger partial charge in [-0.3, -0.25) is 0 Å². The van der Waals surface area contributed by atoms with Gasteiger partial charge in [0.1, 0.15) is 16.8 Å². The van der Waals surface area contributed by atoms with Crippen LogP contribution in [0.1, 0.15) is 0 Å². The Morgan fingerprint density at radius 1 is 1.33 bits per heavy atom. The van der Waals surface area contributed by atoms with Crippen molar-refractivity contribution in [1.29, 1.82) is 0 Å². The number of aromatic nitrogens is 3. The van der Waals surface area contributed by atoms with Gasteiger partial charge in [-0.2, -0.15) is 0 Å². The summed E-state index contributed by atoms with van der Waals surface area (Å²) in [5, 5.41) is 7.82. The van der Waals surface area contributed by atoms with Crippen LogP contribution in [-0.4, -0.2) is 21.6 Å². The van der Waals surface area contributed by atoms with Crippen LogP contribution in [0.25, 0.3) is 11.0 Å². The highest BCUT2D eigenvalue weighted by atomic mass is 35.5. The second-order valence-electron chi connectivity index (χ2n) is 2.30. The van der Waals surface area contributed by atoms with Crippen LogP contribution in [0.3, 0.4) is 0 Å². The van der Waals surface area contributed by atoms with E-state index in [0.29, 0.717) is 0 Å². The number of methoxy groups -OCH3 is 1. The largest absolute Gasteiger partial charge is 0.497 e. The van der Waals surface area contributed by atoms with Crippen LogP contribution in [0, 0.1) is 0 Å². The predicted molar refractivity (Wildman–Crippen MR) is 45.3 cm³/mol. The van der Waals surface area contributed by atoms with Crippen molar-refractivity contribution in [3.63, 3.8) is 0 Å². The van der Waals surface area contributed by atoms with Crippen molar-refractivity contribution in [3.8, 4) is 5.75 Å². The maximum absolute atomic E-state index is 5.53. The van der Waals surface area contributed by atoms with E-state index in [1.807, 2.05) is 6.07 Å². The molecule has 0 spiro atoms. The molecule has 4 nitrogen and oxygen atoms in total. The van der Waals surface area contributed by atoms with E-state index < -0.39 is 0 Å². The van der Waals surface area contributed by atoms with Crippen LogP contribution < -0.4 is 4.74 Å². The molecular weight excluding hydrogens is 178 g/mol. The first-order valence-corrected chi connectivity index (χ1v) is 3.70. The van der Waals surface area contributed by atoms with Gasteiger partial charge in [-0.05, 0) is 12.1 Å². The zero-order valence-corrected chi connectivity index (χ0v) is 7.12. The van der Waals surface area contributed by atoms with Gasteiger partial charge in [-0.15, -0.1) is 10.2 Å². The molecular formula is C7H6ClN3O. The highest BCUT2D eigenvalue weighted by Crippen LogP contribution is 2.17. The molecule has 5 heteroatoms. The van der Waals surface area contributed by atoms with Gasteiger partial charge >= 0.3 is 0 Å². The predicted octanol–water partition coefficient (Wildman–Crippen LogP) is 1.44. The van der Waals surface area contributed by atoms with Gasteiger partial charge in [0.2, 0.25) is 0 Å². The number of ether oxygens (including phenoxy) is 1. The molecule has 0 N–H and O–H groups in total. The van der Waals surface area contributed by atoms with Crippen molar-refractivity contribution in [2.24, 2.45) is 0 Å². The highest BCUT2D eigenvalue weighted by molar-refractivity contribution is 6.14. The number of hydrogen-bond acceptors (Lipinski definition) is 3. The summed E-state index contributed by atoms with van der Waals surface area (Å²) < 4.78 is 6.03. The molecule has 0 radical (unpaired) electrons. The molecule has 2 aromatic rings. The number of nitrogens with zero attached hydrogens (tertiary/aromatic N) is 3. The Hall–Kier alpha value is -1.29. The third kappa shape index (κ3) is 1.10. The zero-order valence-electron chi connectivity index (χ0n) is 6.36. The quantitative estimate of drug-likeness (QED) is 0.672. The van der Waals surface area contributed by atoms with Gasteiger partial charge in [-0.1, -0.05) is 4.32 Å². The summed E-state index contributed by atoms with van der Waals surface area (Å²) in [7, 11) is 1.60. The fourth-order valence-corrected chi connectivity index (χ4v) is 1.16. The molecule has 0 amide bonds. The second-order valence-corrected chi connectivity index (χ2v) is 2.60. The van der Waals surface area contributed by atoms with Crippen LogP contribution >= 0.6 is 11.8 Å². The molecule has 0 aliphatic heterocycles. The average molecular weight is 184 g/mol. The van der Waals surface area contributed by atoms with Crippen molar-refractivity contribution in [2.45, 2.75) is 0 Å². The normalized spacial score (nSPS) is 10.5. The molecule has 1 aromatic heterocycles. The standard InChI is InChI=1S/C7H6ClN3O/c1-12-5-2-3-6-7(4-5)10-11(8)9-6/h2-4H,1H3. The first kappa shape index (κ1) is 7.36. The molecule has 62 valence electrons. The topological polar surface area (TPSA) is 39.9 Å². The minimum Gasteiger partial charge on any atom is -0.497 e. The minimum atomic E-state index is 0.726. The lowest BCUT2D eigenvalue weighted by molar-refractivity contribution is 0.415. The Kier molecular flexibility index (Phi) is 1.62. The van der Waals surface area contributed by atoms with Crippen LogP contribution in [-0.2, 0) is 0 Å². The third-order valence-electron chi connectivity index (χ3n) is 1.56. The Morgan fingerprint density at radius 3 is 2.83 bits per heavy atom. The monoisotopic (exact) mass is 183 g/mol. The van der Waals surface area contributed by atoms with Gasteiger partial charge in [0.25, 0.3) is 0 Å². The van der Waals surface area contributed by atoms with Crippen LogP contribution in [0.4, 0.5) is 0 Å². The van der Waals surface area contributed by atoms with E-state index in [9.17, 15) is 0 Å². The number of benzene rings is 1. The van der Waals surface area contributed by atoms with E-state index in [1.165, 1.54) is 0 Å². The number of rotatable bonds is 1. The van der Waals surface area contributed by atoms with Crippen LogP contribution in [0.5, 0.6) is 5.75 Å². The second kappa shape index (κ2) is 2.64. The first-order valence-electron chi connectivity index (χ1n) is 3.37. The fraction of sp³-hybridized carbons (Fsp3) is 0.143. The Morgan fingerprint density at radius 2 is 2.08 bits per heavy atom. The van der Waals surface area contributed by atoms with Crippen molar-refractivity contribution in [3.05, 3.63) is 18.2 Å². The molecule has 0 aliphatic carbocycles. The maximum atomic E-state index is 5.53. The molecule has 0 fully saturated rings. The van der Waals surface area contributed by atoms with E-state index in [1.54, 1.807) is 19.2 Å². The lowest BCUT2D eigenvalue weighted by Gasteiger charge is -1.95. The van der Waals surface area contributed by atoms with Crippen LogP contribution in [0.2, 0.25) is 0 Å². The molecule has 0 bridgehead atoms. The maximum Gasteiger partial charge on any atom is 0.121 e. The molecule has 0 saturated heterocycles. The number of halogens is 1. The lowest BCUT2D eigenvalue weighted by atomic mass is 10.3. The zero-order chi connectivity index (χ0) is 8.55. The first-order chi connectivity index (χ1) is 5.79.